The number of hydrogen-bond acceptors (Lipinski definition) is 6. The predicted molar refractivity (Wildman–Crippen MR) is 123 cm³/mol. The lowest BCUT2D eigenvalue weighted by molar-refractivity contribution is -0.116. The molecule has 1 N–H and O–H groups in total. The Morgan fingerprint density at radius 2 is 1.52 bits per heavy atom. The number of ether oxygens (including phenoxy) is 3. The number of rotatable bonds is 9. The number of hydrogen-bond donors (Lipinski definition) is 1. The quantitative estimate of drug-likeness (QED) is 0.642. The van der Waals surface area contributed by atoms with E-state index in [2.05, 4.69) is 15.1 Å². The third kappa shape index (κ3) is 7.01. The third-order valence-corrected chi connectivity index (χ3v) is 6.53. The van der Waals surface area contributed by atoms with Crippen LogP contribution < -0.4 is 19.5 Å². The van der Waals surface area contributed by atoms with Gasteiger partial charge in [-0.2, -0.15) is 0 Å². The number of carbonyl (C=O) groups is 1. The largest absolute Gasteiger partial charge is 0.493 e. The molecule has 1 aromatic carbocycles. The molecule has 174 valence electrons. The Balaban J connectivity index is 1.41. The summed E-state index contributed by atoms with van der Waals surface area (Å²) in [6.07, 6.45) is 8.48. The van der Waals surface area contributed by atoms with Crippen molar-refractivity contribution in [2.45, 2.75) is 44.9 Å². The molecule has 0 saturated carbocycles. The Hall–Kier alpha value is -1.99. The normalized spacial score (nSPS) is 18.9. The predicted octanol–water partition coefficient (Wildman–Crippen LogP) is 3.63. The molecule has 2 heterocycles. The minimum atomic E-state index is 0.000892. The highest BCUT2D eigenvalue weighted by atomic mass is 16.5. The molecule has 1 amide bonds. The first-order valence-corrected chi connectivity index (χ1v) is 11.7. The molecule has 2 aliphatic heterocycles. The second-order valence-corrected chi connectivity index (χ2v) is 8.71. The number of piperidine rings is 1. The minimum absolute atomic E-state index is 0.000892. The Kier molecular flexibility index (Phi) is 9.28. The Labute approximate surface area is 187 Å². The summed E-state index contributed by atoms with van der Waals surface area (Å²) in [6.45, 7) is 6.80. The summed E-state index contributed by atoms with van der Waals surface area (Å²) in [4.78, 5) is 17.6. The van der Waals surface area contributed by atoms with Gasteiger partial charge in [0.25, 0.3) is 0 Å². The number of carbonyl (C=O) groups excluding carboxylic acids is 1. The van der Waals surface area contributed by atoms with Crippen LogP contribution in [0, 0.1) is 5.92 Å². The zero-order valence-corrected chi connectivity index (χ0v) is 19.5. The summed E-state index contributed by atoms with van der Waals surface area (Å²) >= 11 is 0. The van der Waals surface area contributed by atoms with Gasteiger partial charge in [-0.15, -0.1) is 0 Å². The van der Waals surface area contributed by atoms with Crippen molar-refractivity contribution in [3.63, 3.8) is 0 Å². The topological polar surface area (TPSA) is 63.3 Å². The van der Waals surface area contributed by atoms with E-state index < -0.39 is 0 Å². The van der Waals surface area contributed by atoms with Gasteiger partial charge in [-0.3, -0.25) is 4.79 Å². The van der Waals surface area contributed by atoms with Crippen molar-refractivity contribution in [3.05, 3.63) is 12.1 Å². The maximum atomic E-state index is 12.5. The van der Waals surface area contributed by atoms with Gasteiger partial charge in [-0.25, -0.2) is 0 Å². The molecule has 3 rings (SSSR count). The molecule has 0 aromatic heterocycles. The first kappa shape index (κ1) is 23.7. The van der Waals surface area contributed by atoms with Gasteiger partial charge in [0.15, 0.2) is 11.5 Å². The van der Waals surface area contributed by atoms with E-state index >= 15 is 0 Å². The maximum Gasteiger partial charge on any atom is 0.225 e. The molecule has 0 atom stereocenters. The maximum absolute atomic E-state index is 12.5. The monoisotopic (exact) mass is 433 g/mol. The SMILES string of the molecule is COc1cc(NC(=O)CCN2CCC(CN3CCCCCC3)CC2)cc(OC)c1OC. The molecule has 1 aromatic rings. The number of methoxy groups -OCH3 is 3. The van der Waals surface area contributed by atoms with Crippen LogP contribution in [0.15, 0.2) is 12.1 Å². The molecule has 2 saturated heterocycles. The van der Waals surface area contributed by atoms with E-state index in [0.29, 0.717) is 29.4 Å². The Morgan fingerprint density at radius 3 is 2.06 bits per heavy atom. The van der Waals surface area contributed by atoms with Crippen LogP contribution in [0.1, 0.15) is 44.9 Å². The zero-order valence-electron chi connectivity index (χ0n) is 19.5. The number of nitrogens with zero attached hydrogens (tertiary/aromatic N) is 2. The molecular weight excluding hydrogens is 394 g/mol. The van der Waals surface area contributed by atoms with Crippen molar-refractivity contribution in [3.8, 4) is 17.2 Å². The number of nitrogens with one attached hydrogen (secondary N) is 1. The lowest BCUT2D eigenvalue weighted by atomic mass is 9.96. The molecule has 2 aliphatic rings. The first-order chi connectivity index (χ1) is 15.1. The molecule has 31 heavy (non-hydrogen) atoms. The van der Waals surface area contributed by atoms with E-state index in [1.807, 2.05) is 0 Å². The Morgan fingerprint density at radius 1 is 0.903 bits per heavy atom. The van der Waals surface area contributed by atoms with Crippen molar-refractivity contribution < 1.29 is 19.0 Å². The van der Waals surface area contributed by atoms with Gasteiger partial charge in [0, 0.05) is 37.3 Å². The summed E-state index contributed by atoms with van der Waals surface area (Å²) in [5.74, 6) is 2.39. The van der Waals surface area contributed by atoms with Crippen LogP contribution in [0.25, 0.3) is 0 Å². The number of amides is 1. The van der Waals surface area contributed by atoms with Crippen LogP contribution in [0.4, 0.5) is 5.69 Å². The second kappa shape index (κ2) is 12.2. The van der Waals surface area contributed by atoms with Crippen LogP contribution in [0.2, 0.25) is 0 Å². The second-order valence-electron chi connectivity index (χ2n) is 8.71. The van der Waals surface area contributed by atoms with Gasteiger partial charge in [0.1, 0.15) is 0 Å². The van der Waals surface area contributed by atoms with Gasteiger partial charge >= 0.3 is 0 Å². The standard InChI is InChI=1S/C24H39N3O4/c1-29-21-16-20(17-22(30-2)24(21)31-3)25-23(28)10-15-26-13-8-19(9-14-26)18-27-11-6-4-5-7-12-27/h16-17,19H,4-15,18H2,1-3H3,(H,25,28). The highest BCUT2D eigenvalue weighted by molar-refractivity contribution is 5.91. The molecule has 0 bridgehead atoms. The Bertz CT molecular complexity index is 671. The number of anilines is 1. The summed E-state index contributed by atoms with van der Waals surface area (Å²) < 4.78 is 16.1. The summed E-state index contributed by atoms with van der Waals surface area (Å²) in [5, 5.41) is 2.96. The lowest BCUT2D eigenvalue weighted by Gasteiger charge is -2.34. The molecule has 0 aliphatic carbocycles. The first-order valence-electron chi connectivity index (χ1n) is 11.7. The van der Waals surface area contributed by atoms with Crippen molar-refractivity contribution in [1.82, 2.24) is 9.80 Å². The average Bonchev–Trinajstić information content (AvgIpc) is 3.06. The fraction of sp³-hybridized carbons (Fsp3) is 0.708. The molecule has 0 radical (unpaired) electrons. The van der Waals surface area contributed by atoms with Gasteiger partial charge in [0.2, 0.25) is 11.7 Å². The molecule has 2 fully saturated rings. The third-order valence-electron chi connectivity index (χ3n) is 6.53. The fourth-order valence-electron chi connectivity index (χ4n) is 4.71. The zero-order chi connectivity index (χ0) is 22.1. The molecule has 0 spiro atoms. The summed E-state index contributed by atoms with van der Waals surface area (Å²) in [7, 11) is 4.70. The van der Waals surface area contributed by atoms with Gasteiger partial charge in [-0.1, -0.05) is 12.8 Å². The van der Waals surface area contributed by atoms with Crippen LogP contribution in [-0.2, 0) is 4.79 Å². The summed E-state index contributed by atoms with van der Waals surface area (Å²) in [5.41, 5.74) is 0.649. The van der Waals surface area contributed by atoms with Crippen LogP contribution >= 0.6 is 0 Å². The van der Waals surface area contributed by atoms with E-state index in [9.17, 15) is 4.79 Å². The van der Waals surface area contributed by atoms with Gasteiger partial charge < -0.3 is 29.3 Å². The number of likely N-dealkylation sites (tertiary alicyclic amines) is 2. The minimum Gasteiger partial charge on any atom is -0.493 e. The molecule has 7 heteroatoms. The highest BCUT2D eigenvalue weighted by Gasteiger charge is 2.22. The van der Waals surface area contributed by atoms with E-state index in [1.54, 1.807) is 33.5 Å². The van der Waals surface area contributed by atoms with E-state index in [0.717, 1.165) is 25.6 Å². The van der Waals surface area contributed by atoms with Crippen molar-refractivity contribution in [2.24, 2.45) is 5.92 Å². The van der Waals surface area contributed by atoms with Crippen molar-refractivity contribution in [2.75, 3.05) is 65.9 Å². The fourth-order valence-corrected chi connectivity index (χ4v) is 4.71. The molecule has 7 nitrogen and oxygen atoms in total. The smallest absolute Gasteiger partial charge is 0.225 e. The van der Waals surface area contributed by atoms with Crippen molar-refractivity contribution in [1.29, 1.82) is 0 Å². The van der Waals surface area contributed by atoms with E-state index in [4.69, 9.17) is 14.2 Å². The van der Waals surface area contributed by atoms with Gasteiger partial charge in [-0.05, 0) is 57.8 Å². The van der Waals surface area contributed by atoms with Gasteiger partial charge in [0.05, 0.1) is 21.3 Å². The lowest BCUT2D eigenvalue weighted by Crippen LogP contribution is -2.40. The number of benzene rings is 1. The van der Waals surface area contributed by atoms with Crippen LogP contribution in [-0.4, -0.2) is 76.3 Å². The van der Waals surface area contributed by atoms with Crippen LogP contribution in [0.3, 0.4) is 0 Å². The van der Waals surface area contributed by atoms with Crippen LogP contribution in [0.5, 0.6) is 17.2 Å². The highest BCUT2D eigenvalue weighted by Crippen LogP contribution is 2.39. The molecular formula is C24H39N3O4. The van der Waals surface area contributed by atoms with E-state index in [1.165, 1.54) is 58.2 Å². The van der Waals surface area contributed by atoms with Crippen molar-refractivity contribution >= 4 is 11.6 Å². The summed E-state index contributed by atoms with van der Waals surface area (Å²) in [6, 6.07) is 3.52. The van der Waals surface area contributed by atoms with E-state index in [-0.39, 0.29) is 5.91 Å². The molecule has 0 unspecified atom stereocenters. The average molecular weight is 434 g/mol.